The van der Waals surface area contributed by atoms with Crippen molar-refractivity contribution in [3.05, 3.63) is 29.6 Å². The van der Waals surface area contributed by atoms with E-state index >= 15 is 0 Å². The second-order valence-electron chi connectivity index (χ2n) is 5.75. The Morgan fingerprint density at radius 1 is 1.35 bits per heavy atom. The number of piperidine rings is 1. The molecule has 1 heterocycles. The van der Waals surface area contributed by atoms with Crippen LogP contribution in [0.15, 0.2) is 23.1 Å². The summed E-state index contributed by atoms with van der Waals surface area (Å²) in [5.74, 6) is -0.505. The second kappa shape index (κ2) is 7.37. The summed E-state index contributed by atoms with van der Waals surface area (Å²) in [4.78, 5) is 13.4. The monoisotopic (exact) mass is 343 g/mol. The van der Waals surface area contributed by atoms with E-state index in [0.29, 0.717) is 38.0 Å². The number of nitrogens with zero attached hydrogens (tertiary/aromatic N) is 1. The van der Waals surface area contributed by atoms with Crippen molar-refractivity contribution < 1.29 is 17.6 Å². The zero-order valence-electron chi connectivity index (χ0n) is 13.3. The van der Waals surface area contributed by atoms with E-state index in [4.69, 9.17) is 0 Å². The lowest BCUT2D eigenvalue weighted by atomic mass is 10.1. The Morgan fingerprint density at radius 3 is 2.57 bits per heavy atom. The Bertz CT molecular complexity index is 671. The molecule has 128 valence electrons. The standard InChI is InChI=1S/C15H22FN3O3S/c1-11-9-12(16)3-4-14(11)23(21,22)18-13-5-7-19(8-6-13)10-15(20)17-2/h3-4,9,13,18H,5-8,10H2,1-2H3,(H,17,20). The SMILES string of the molecule is CNC(=O)CN1CCC(NS(=O)(=O)c2ccc(F)cc2C)CC1. The van der Waals surface area contributed by atoms with E-state index in [2.05, 4.69) is 10.0 Å². The molecule has 2 rings (SSSR count). The molecular weight excluding hydrogens is 321 g/mol. The third-order valence-corrected chi connectivity index (χ3v) is 5.66. The molecule has 0 bridgehead atoms. The number of likely N-dealkylation sites (tertiary alicyclic amines) is 1. The molecule has 1 fully saturated rings. The number of nitrogens with one attached hydrogen (secondary N) is 2. The van der Waals surface area contributed by atoms with Crippen molar-refractivity contribution in [3.63, 3.8) is 0 Å². The molecule has 1 amide bonds. The molecule has 1 aromatic rings. The molecule has 0 aliphatic carbocycles. The number of hydrogen-bond acceptors (Lipinski definition) is 4. The first-order chi connectivity index (χ1) is 10.8. The predicted molar refractivity (Wildman–Crippen MR) is 85.0 cm³/mol. The topological polar surface area (TPSA) is 78.5 Å². The molecule has 0 aromatic heterocycles. The van der Waals surface area contributed by atoms with Gasteiger partial charge in [-0.25, -0.2) is 17.5 Å². The van der Waals surface area contributed by atoms with Crippen LogP contribution in [-0.4, -0.2) is 51.9 Å². The number of carbonyl (C=O) groups excluding carboxylic acids is 1. The Hall–Kier alpha value is -1.51. The van der Waals surface area contributed by atoms with Gasteiger partial charge in [0, 0.05) is 26.2 Å². The lowest BCUT2D eigenvalue weighted by molar-refractivity contribution is -0.122. The highest BCUT2D eigenvalue weighted by molar-refractivity contribution is 7.89. The van der Waals surface area contributed by atoms with E-state index in [0.717, 1.165) is 6.07 Å². The number of halogens is 1. The summed E-state index contributed by atoms with van der Waals surface area (Å²) >= 11 is 0. The van der Waals surface area contributed by atoms with Crippen LogP contribution in [0.1, 0.15) is 18.4 Å². The second-order valence-corrected chi connectivity index (χ2v) is 7.44. The molecule has 2 N–H and O–H groups in total. The Balaban J connectivity index is 1.96. The Morgan fingerprint density at radius 2 is 2.00 bits per heavy atom. The maximum atomic E-state index is 13.1. The average molecular weight is 343 g/mol. The summed E-state index contributed by atoms with van der Waals surface area (Å²) in [6.07, 6.45) is 1.27. The number of amides is 1. The zero-order valence-corrected chi connectivity index (χ0v) is 14.1. The van der Waals surface area contributed by atoms with Gasteiger partial charge in [0.25, 0.3) is 0 Å². The van der Waals surface area contributed by atoms with Crippen molar-refractivity contribution in [2.24, 2.45) is 0 Å². The number of hydrogen-bond donors (Lipinski definition) is 2. The van der Waals surface area contributed by atoms with Crippen LogP contribution in [0.5, 0.6) is 0 Å². The minimum atomic E-state index is -3.67. The van der Waals surface area contributed by atoms with Gasteiger partial charge in [0.05, 0.1) is 11.4 Å². The maximum absolute atomic E-state index is 13.1. The van der Waals surface area contributed by atoms with E-state index in [9.17, 15) is 17.6 Å². The molecule has 0 spiro atoms. The smallest absolute Gasteiger partial charge is 0.241 e. The minimum Gasteiger partial charge on any atom is -0.358 e. The maximum Gasteiger partial charge on any atom is 0.241 e. The highest BCUT2D eigenvalue weighted by Gasteiger charge is 2.26. The summed E-state index contributed by atoms with van der Waals surface area (Å²) in [7, 11) is -2.08. The highest BCUT2D eigenvalue weighted by atomic mass is 32.2. The van der Waals surface area contributed by atoms with E-state index in [1.165, 1.54) is 12.1 Å². The summed E-state index contributed by atoms with van der Waals surface area (Å²) in [5.41, 5.74) is 0.384. The molecule has 23 heavy (non-hydrogen) atoms. The number of rotatable bonds is 5. The van der Waals surface area contributed by atoms with Gasteiger partial charge in [0.1, 0.15) is 5.82 Å². The summed E-state index contributed by atoms with van der Waals surface area (Å²) in [6, 6.07) is 3.47. The fourth-order valence-corrected chi connectivity index (χ4v) is 4.22. The first kappa shape index (κ1) is 17.8. The van der Waals surface area contributed by atoms with Crippen LogP contribution < -0.4 is 10.0 Å². The van der Waals surface area contributed by atoms with Crippen molar-refractivity contribution in [2.75, 3.05) is 26.7 Å². The largest absolute Gasteiger partial charge is 0.358 e. The fourth-order valence-electron chi connectivity index (χ4n) is 2.69. The van der Waals surface area contributed by atoms with Gasteiger partial charge in [0.2, 0.25) is 15.9 Å². The Labute approximate surface area is 136 Å². The van der Waals surface area contributed by atoms with Gasteiger partial charge in [-0.2, -0.15) is 0 Å². The normalized spacial score (nSPS) is 17.2. The van der Waals surface area contributed by atoms with Gasteiger partial charge in [-0.05, 0) is 43.5 Å². The average Bonchev–Trinajstić information content (AvgIpc) is 2.48. The fraction of sp³-hybridized carbons (Fsp3) is 0.533. The lowest BCUT2D eigenvalue weighted by Gasteiger charge is -2.31. The van der Waals surface area contributed by atoms with Crippen LogP contribution in [0, 0.1) is 12.7 Å². The lowest BCUT2D eigenvalue weighted by Crippen LogP contribution is -2.47. The molecular formula is C15H22FN3O3S. The van der Waals surface area contributed by atoms with Crippen molar-refractivity contribution in [1.82, 2.24) is 14.9 Å². The third-order valence-electron chi connectivity index (χ3n) is 3.98. The quantitative estimate of drug-likeness (QED) is 0.822. The van der Waals surface area contributed by atoms with Gasteiger partial charge in [-0.3, -0.25) is 9.69 Å². The summed E-state index contributed by atoms with van der Waals surface area (Å²) < 4.78 is 40.7. The zero-order chi connectivity index (χ0) is 17.0. The predicted octanol–water partition coefficient (Wildman–Crippen LogP) is 0.623. The molecule has 1 aliphatic rings. The van der Waals surface area contributed by atoms with E-state index in [-0.39, 0.29) is 16.8 Å². The highest BCUT2D eigenvalue weighted by Crippen LogP contribution is 2.18. The van der Waals surface area contributed by atoms with E-state index in [1.807, 2.05) is 4.90 Å². The van der Waals surface area contributed by atoms with Gasteiger partial charge in [-0.15, -0.1) is 0 Å². The molecule has 8 heteroatoms. The number of carbonyl (C=O) groups is 1. The van der Waals surface area contributed by atoms with Gasteiger partial charge in [0.15, 0.2) is 0 Å². The molecule has 1 aromatic carbocycles. The molecule has 6 nitrogen and oxygen atoms in total. The first-order valence-corrected chi connectivity index (χ1v) is 9.01. The Kier molecular flexibility index (Phi) is 5.72. The van der Waals surface area contributed by atoms with Crippen LogP contribution in [0.2, 0.25) is 0 Å². The van der Waals surface area contributed by atoms with Crippen molar-refractivity contribution in [2.45, 2.75) is 30.7 Å². The van der Waals surface area contributed by atoms with Crippen LogP contribution in [0.4, 0.5) is 4.39 Å². The third kappa shape index (κ3) is 4.73. The molecule has 0 saturated carbocycles. The van der Waals surface area contributed by atoms with Crippen LogP contribution in [-0.2, 0) is 14.8 Å². The number of sulfonamides is 1. The van der Waals surface area contributed by atoms with Crippen LogP contribution in [0.25, 0.3) is 0 Å². The van der Waals surface area contributed by atoms with Gasteiger partial charge in [-0.1, -0.05) is 0 Å². The first-order valence-electron chi connectivity index (χ1n) is 7.53. The minimum absolute atomic E-state index is 0.0500. The number of aryl methyl sites for hydroxylation is 1. The summed E-state index contributed by atoms with van der Waals surface area (Å²) in [5, 5.41) is 2.57. The van der Waals surface area contributed by atoms with Crippen molar-refractivity contribution in [1.29, 1.82) is 0 Å². The van der Waals surface area contributed by atoms with Crippen LogP contribution in [0.3, 0.4) is 0 Å². The van der Waals surface area contributed by atoms with Crippen molar-refractivity contribution in [3.8, 4) is 0 Å². The molecule has 1 aliphatic heterocycles. The molecule has 0 unspecified atom stereocenters. The van der Waals surface area contributed by atoms with Gasteiger partial charge >= 0.3 is 0 Å². The van der Waals surface area contributed by atoms with E-state index < -0.39 is 15.8 Å². The number of benzene rings is 1. The molecule has 1 saturated heterocycles. The number of likely N-dealkylation sites (N-methyl/N-ethyl adjacent to an activating group) is 1. The molecule has 0 radical (unpaired) electrons. The van der Waals surface area contributed by atoms with Crippen molar-refractivity contribution >= 4 is 15.9 Å². The van der Waals surface area contributed by atoms with Crippen LogP contribution >= 0.6 is 0 Å². The van der Waals surface area contributed by atoms with Gasteiger partial charge < -0.3 is 5.32 Å². The van der Waals surface area contributed by atoms with E-state index in [1.54, 1.807) is 14.0 Å². The summed E-state index contributed by atoms with van der Waals surface area (Å²) in [6.45, 7) is 3.21. The molecule has 0 atom stereocenters.